The van der Waals surface area contributed by atoms with Gasteiger partial charge in [-0.05, 0) is 19.1 Å². The minimum absolute atomic E-state index is 0.0586. The lowest BCUT2D eigenvalue weighted by molar-refractivity contribution is -0.114. The van der Waals surface area contributed by atoms with E-state index in [2.05, 4.69) is 6.07 Å². The predicted molar refractivity (Wildman–Crippen MR) is 113 cm³/mol. The summed E-state index contributed by atoms with van der Waals surface area (Å²) in [5, 5.41) is 33.8. The van der Waals surface area contributed by atoms with E-state index in [-0.39, 0.29) is 17.9 Å². The molecule has 3 heterocycles. The van der Waals surface area contributed by atoms with Crippen molar-refractivity contribution in [2.45, 2.75) is 37.1 Å². The normalized spacial score (nSPS) is 26.3. The standard InChI is InChI=1S/C24H24N2O5/c1-23-18(30-3)12-24(31-23,10-11-29-2)20-19(23)21(27)26(22(20)28)17-9-8-14(13-25)15-6-4-5-7-16(15)17/h4-9,18,27-28H,10-12H2,1-3H3/t18-,23-,24+/m1/s1. The molecule has 2 N–H and O–H groups in total. The highest BCUT2D eigenvalue weighted by molar-refractivity contribution is 5.95. The lowest BCUT2D eigenvalue weighted by Crippen LogP contribution is -2.35. The van der Waals surface area contributed by atoms with Gasteiger partial charge in [0.25, 0.3) is 0 Å². The summed E-state index contributed by atoms with van der Waals surface area (Å²) >= 11 is 0. The molecule has 0 unspecified atom stereocenters. The molecule has 5 rings (SSSR count). The number of ether oxygens (including phenoxy) is 3. The van der Waals surface area contributed by atoms with Crippen molar-refractivity contribution in [3.63, 3.8) is 0 Å². The van der Waals surface area contributed by atoms with Crippen LogP contribution in [0.1, 0.15) is 36.5 Å². The van der Waals surface area contributed by atoms with E-state index in [1.807, 2.05) is 31.2 Å². The van der Waals surface area contributed by atoms with Crippen LogP contribution in [-0.4, -0.2) is 41.7 Å². The average Bonchev–Trinajstić information content (AvgIpc) is 3.33. The Morgan fingerprint density at radius 3 is 2.52 bits per heavy atom. The van der Waals surface area contributed by atoms with Crippen LogP contribution in [0.5, 0.6) is 11.8 Å². The topological polar surface area (TPSA) is 96.9 Å². The Kier molecular flexibility index (Phi) is 4.31. The van der Waals surface area contributed by atoms with Crippen molar-refractivity contribution in [1.29, 1.82) is 5.26 Å². The van der Waals surface area contributed by atoms with Crippen molar-refractivity contribution in [3.8, 4) is 23.5 Å². The second-order valence-electron chi connectivity index (χ2n) is 8.40. The van der Waals surface area contributed by atoms with Crippen LogP contribution in [0.15, 0.2) is 36.4 Å². The molecule has 3 aromatic rings. The van der Waals surface area contributed by atoms with Gasteiger partial charge in [-0.2, -0.15) is 5.26 Å². The maximum absolute atomic E-state index is 11.4. The summed E-state index contributed by atoms with van der Waals surface area (Å²) in [4.78, 5) is 0. The van der Waals surface area contributed by atoms with Crippen LogP contribution in [-0.2, 0) is 25.4 Å². The Bertz CT molecular complexity index is 1240. The van der Waals surface area contributed by atoms with E-state index in [1.54, 1.807) is 26.4 Å². The van der Waals surface area contributed by atoms with Gasteiger partial charge in [-0.1, -0.05) is 24.3 Å². The molecule has 0 radical (unpaired) electrons. The molecule has 2 aliphatic rings. The maximum atomic E-state index is 11.4. The minimum atomic E-state index is -0.896. The Balaban J connectivity index is 1.79. The first-order valence-electron chi connectivity index (χ1n) is 10.2. The fraction of sp³-hybridized carbons (Fsp3) is 0.375. The van der Waals surface area contributed by atoms with Gasteiger partial charge in [-0.15, -0.1) is 0 Å². The molecule has 7 nitrogen and oxygen atoms in total. The minimum Gasteiger partial charge on any atom is -0.494 e. The van der Waals surface area contributed by atoms with Crippen LogP contribution in [0.3, 0.4) is 0 Å². The number of benzene rings is 2. The SMILES string of the molecule is COCC[C@@]12C[C@@H](OC)[C@@](C)(O1)c1c2c(O)n(-c2ccc(C#N)c3ccccc23)c1O. The molecule has 0 saturated carbocycles. The number of aromatic hydroxyl groups is 2. The first-order chi connectivity index (χ1) is 14.9. The van der Waals surface area contributed by atoms with Crippen LogP contribution in [0.25, 0.3) is 16.5 Å². The number of aromatic nitrogens is 1. The summed E-state index contributed by atoms with van der Waals surface area (Å²) in [6, 6.07) is 13.1. The molecule has 2 aromatic carbocycles. The average molecular weight is 420 g/mol. The monoisotopic (exact) mass is 420 g/mol. The highest BCUT2D eigenvalue weighted by atomic mass is 16.6. The number of hydrogen-bond acceptors (Lipinski definition) is 6. The van der Waals surface area contributed by atoms with Crippen LogP contribution in [0, 0.1) is 11.3 Å². The van der Waals surface area contributed by atoms with E-state index in [4.69, 9.17) is 14.2 Å². The van der Waals surface area contributed by atoms with Gasteiger partial charge in [-0.25, -0.2) is 0 Å². The number of fused-ring (bicyclic) bond motifs is 6. The third kappa shape index (κ3) is 2.44. The largest absolute Gasteiger partial charge is 0.494 e. The summed E-state index contributed by atoms with van der Waals surface area (Å²) < 4.78 is 18.9. The van der Waals surface area contributed by atoms with Crippen molar-refractivity contribution in [2.24, 2.45) is 0 Å². The maximum Gasteiger partial charge on any atom is 0.205 e. The van der Waals surface area contributed by atoms with Gasteiger partial charge in [-0.3, -0.25) is 4.57 Å². The number of nitrogens with zero attached hydrogens (tertiary/aromatic N) is 2. The predicted octanol–water partition coefficient (Wildman–Crippen LogP) is 3.81. The van der Waals surface area contributed by atoms with Crippen LogP contribution < -0.4 is 0 Å². The van der Waals surface area contributed by atoms with E-state index in [9.17, 15) is 15.5 Å². The Morgan fingerprint density at radius 2 is 1.84 bits per heavy atom. The molecule has 3 atom stereocenters. The summed E-state index contributed by atoms with van der Waals surface area (Å²) in [5.41, 5.74) is 0.560. The summed E-state index contributed by atoms with van der Waals surface area (Å²) in [5.74, 6) is -0.136. The van der Waals surface area contributed by atoms with Crippen LogP contribution in [0.2, 0.25) is 0 Å². The molecule has 2 bridgehead atoms. The van der Waals surface area contributed by atoms with Crippen molar-refractivity contribution in [2.75, 3.05) is 20.8 Å². The first kappa shape index (κ1) is 19.9. The van der Waals surface area contributed by atoms with Gasteiger partial charge in [0, 0.05) is 44.4 Å². The third-order valence-electron chi connectivity index (χ3n) is 6.87. The van der Waals surface area contributed by atoms with E-state index in [0.29, 0.717) is 41.8 Å². The summed E-state index contributed by atoms with van der Waals surface area (Å²) in [6.45, 7) is 2.33. The van der Waals surface area contributed by atoms with Gasteiger partial charge in [0.15, 0.2) is 0 Å². The zero-order valence-corrected chi connectivity index (χ0v) is 17.7. The molecule has 160 valence electrons. The highest BCUT2D eigenvalue weighted by Crippen LogP contribution is 2.66. The van der Waals surface area contributed by atoms with Gasteiger partial charge in [0.1, 0.15) is 11.2 Å². The molecule has 31 heavy (non-hydrogen) atoms. The number of nitriles is 1. The van der Waals surface area contributed by atoms with Gasteiger partial charge in [0.2, 0.25) is 11.8 Å². The van der Waals surface area contributed by atoms with E-state index in [1.165, 1.54) is 4.57 Å². The molecular weight excluding hydrogens is 396 g/mol. The zero-order chi connectivity index (χ0) is 22.0. The van der Waals surface area contributed by atoms with E-state index < -0.39 is 11.2 Å². The first-order valence-corrected chi connectivity index (χ1v) is 10.2. The molecule has 1 aromatic heterocycles. The summed E-state index contributed by atoms with van der Waals surface area (Å²) in [7, 11) is 3.26. The fourth-order valence-electron chi connectivity index (χ4n) is 5.48. The molecule has 7 heteroatoms. The molecule has 1 saturated heterocycles. The van der Waals surface area contributed by atoms with Gasteiger partial charge >= 0.3 is 0 Å². The summed E-state index contributed by atoms with van der Waals surface area (Å²) in [6.07, 6.45) is 0.814. The second-order valence-corrected chi connectivity index (χ2v) is 8.40. The number of methoxy groups -OCH3 is 2. The lowest BCUT2D eigenvalue weighted by atomic mass is 9.76. The molecule has 1 fully saturated rings. The molecule has 0 spiro atoms. The number of rotatable bonds is 5. The van der Waals surface area contributed by atoms with Crippen molar-refractivity contribution < 1.29 is 24.4 Å². The molecule has 2 aliphatic heterocycles. The molecule has 0 aliphatic carbocycles. The fourth-order valence-corrected chi connectivity index (χ4v) is 5.48. The van der Waals surface area contributed by atoms with Crippen molar-refractivity contribution >= 4 is 10.8 Å². The van der Waals surface area contributed by atoms with Crippen molar-refractivity contribution in [1.82, 2.24) is 4.57 Å². The number of hydrogen-bond donors (Lipinski definition) is 2. The Labute approximate surface area is 180 Å². The third-order valence-corrected chi connectivity index (χ3v) is 6.87. The smallest absolute Gasteiger partial charge is 0.205 e. The van der Waals surface area contributed by atoms with Gasteiger partial charge < -0.3 is 24.4 Å². The zero-order valence-electron chi connectivity index (χ0n) is 17.7. The van der Waals surface area contributed by atoms with Gasteiger partial charge in [0.05, 0.1) is 34.6 Å². The Hall–Kier alpha value is -3.05. The van der Waals surface area contributed by atoms with E-state index >= 15 is 0 Å². The van der Waals surface area contributed by atoms with Crippen LogP contribution >= 0.6 is 0 Å². The van der Waals surface area contributed by atoms with Crippen molar-refractivity contribution in [3.05, 3.63) is 53.1 Å². The van der Waals surface area contributed by atoms with E-state index in [0.717, 1.165) is 10.8 Å². The second kappa shape index (κ2) is 6.72. The van der Waals surface area contributed by atoms with Crippen LogP contribution in [0.4, 0.5) is 0 Å². The quantitative estimate of drug-likeness (QED) is 0.652. The lowest BCUT2D eigenvalue weighted by Gasteiger charge is -2.28. The molecular formula is C24H24N2O5. The highest BCUT2D eigenvalue weighted by Gasteiger charge is 2.66. The molecule has 0 amide bonds. The Morgan fingerprint density at radius 1 is 1.13 bits per heavy atom.